The fraction of sp³-hybridized carbons (Fsp3) is 0.273. The quantitative estimate of drug-likeness (QED) is 0.716. The van der Waals surface area contributed by atoms with Gasteiger partial charge in [-0.3, -0.25) is 0 Å². The first-order chi connectivity index (χ1) is 13.2. The number of aromatic nitrogens is 2. The van der Waals surface area contributed by atoms with Crippen molar-refractivity contribution >= 4 is 17.5 Å². The van der Waals surface area contributed by atoms with Crippen LogP contribution in [0.2, 0.25) is 0 Å². The number of anilines is 3. The van der Waals surface area contributed by atoms with E-state index in [9.17, 15) is 4.39 Å². The molecule has 0 fully saturated rings. The molecule has 1 aliphatic rings. The van der Waals surface area contributed by atoms with Crippen LogP contribution in [0, 0.1) is 12.7 Å². The number of nitrogens with one attached hydrogen (secondary N) is 1. The van der Waals surface area contributed by atoms with Crippen molar-refractivity contribution in [2.45, 2.75) is 26.2 Å². The van der Waals surface area contributed by atoms with Gasteiger partial charge in [-0.05, 0) is 49.4 Å². The molecule has 2 aromatic carbocycles. The van der Waals surface area contributed by atoms with Gasteiger partial charge in [0.15, 0.2) is 0 Å². The first-order valence-electron chi connectivity index (χ1n) is 9.39. The second kappa shape index (κ2) is 7.74. The van der Waals surface area contributed by atoms with Crippen LogP contribution in [-0.4, -0.2) is 23.1 Å². The van der Waals surface area contributed by atoms with Crippen molar-refractivity contribution in [3.8, 4) is 0 Å². The highest BCUT2D eigenvalue weighted by molar-refractivity contribution is 5.64. The van der Waals surface area contributed by atoms with Crippen molar-refractivity contribution in [2.24, 2.45) is 0 Å². The molecule has 5 heteroatoms. The van der Waals surface area contributed by atoms with E-state index >= 15 is 0 Å². The summed E-state index contributed by atoms with van der Waals surface area (Å²) in [7, 11) is 0. The van der Waals surface area contributed by atoms with Crippen LogP contribution in [0.1, 0.15) is 23.2 Å². The number of hydrogen-bond donors (Lipinski definition) is 1. The number of benzene rings is 2. The normalized spacial score (nSPS) is 13.3. The van der Waals surface area contributed by atoms with E-state index in [0.29, 0.717) is 18.5 Å². The summed E-state index contributed by atoms with van der Waals surface area (Å²) in [6.07, 6.45) is 2.79. The van der Waals surface area contributed by atoms with Gasteiger partial charge in [-0.25, -0.2) is 9.37 Å². The maximum Gasteiger partial charge on any atom is 0.232 e. The SMILES string of the molecule is Cc1cc(NCCc2ccccc2F)nc(N2CCCc3ccccc32)n1. The van der Waals surface area contributed by atoms with Crippen molar-refractivity contribution in [1.82, 2.24) is 9.97 Å². The monoisotopic (exact) mass is 362 g/mol. The molecule has 0 aliphatic carbocycles. The standard InChI is InChI=1S/C22H23FN4/c1-16-15-21(24-13-12-17-7-2-4-10-19(17)23)26-22(25-16)27-14-6-9-18-8-3-5-11-20(18)27/h2-5,7-8,10-11,15H,6,9,12-14H2,1H3,(H,24,25,26). The molecule has 0 unspecified atom stereocenters. The Labute approximate surface area is 159 Å². The Hall–Kier alpha value is -2.95. The molecule has 0 atom stereocenters. The van der Waals surface area contributed by atoms with Gasteiger partial charge in [-0.15, -0.1) is 0 Å². The van der Waals surface area contributed by atoms with Gasteiger partial charge in [0.25, 0.3) is 0 Å². The summed E-state index contributed by atoms with van der Waals surface area (Å²) in [6, 6.07) is 17.3. The van der Waals surface area contributed by atoms with E-state index in [-0.39, 0.29) is 5.82 Å². The zero-order valence-corrected chi connectivity index (χ0v) is 15.5. The second-order valence-corrected chi connectivity index (χ2v) is 6.85. The molecule has 1 N–H and O–H groups in total. The number of para-hydroxylation sites is 1. The molecular weight excluding hydrogens is 339 g/mol. The molecular formula is C22H23FN4. The van der Waals surface area contributed by atoms with Gasteiger partial charge < -0.3 is 10.2 Å². The van der Waals surface area contributed by atoms with E-state index < -0.39 is 0 Å². The Bertz CT molecular complexity index is 941. The zero-order chi connectivity index (χ0) is 18.6. The van der Waals surface area contributed by atoms with E-state index in [2.05, 4.69) is 39.5 Å². The molecule has 0 amide bonds. The molecule has 0 radical (unpaired) electrons. The third kappa shape index (κ3) is 3.92. The molecule has 1 aromatic heterocycles. The van der Waals surface area contributed by atoms with Crippen molar-refractivity contribution in [1.29, 1.82) is 0 Å². The van der Waals surface area contributed by atoms with Crippen LogP contribution >= 0.6 is 0 Å². The number of hydrogen-bond acceptors (Lipinski definition) is 4. The summed E-state index contributed by atoms with van der Waals surface area (Å²) < 4.78 is 13.8. The minimum absolute atomic E-state index is 0.163. The number of halogens is 1. The highest BCUT2D eigenvalue weighted by Gasteiger charge is 2.20. The molecule has 0 spiro atoms. The summed E-state index contributed by atoms with van der Waals surface area (Å²) in [4.78, 5) is 11.6. The fourth-order valence-electron chi connectivity index (χ4n) is 3.53. The molecule has 3 aromatic rings. The predicted molar refractivity (Wildman–Crippen MR) is 107 cm³/mol. The average Bonchev–Trinajstić information content (AvgIpc) is 2.68. The van der Waals surface area contributed by atoms with Gasteiger partial charge in [0, 0.05) is 30.5 Å². The van der Waals surface area contributed by atoms with Crippen molar-refractivity contribution in [3.05, 3.63) is 77.2 Å². The van der Waals surface area contributed by atoms with Gasteiger partial charge in [-0.2, -0.15) is 4.98 Å². The molecule has 1 aliphatic heterocycles. The highest BCUT2D eigenvalue weighted by atomic mass is 19.1. The van der Waals surface area contributed by atoms with Crippen LogP contribution in [0.5, 0.6) is 0 Å². The van der Waals surface area contributed by atoms with Gasteiger partial charge in [-0.1, -0.05) is 36.4 Å². The Kier molecular flexibility index (Phi) is 5.01. The van der Waals surface area contributed by atoms with Crippen LogP contribution < -0.4 is 10.2 Å². The van der Waals surface area contributed by atoms with Crippen molar-refractivity contribution in [2.75, 3.05) is 23.3 Å². The lowest BCUT2D eigenvalue weighted by Gasteiger charge is -2.29. The molecule has 4 nitrogen and oxygen atoms in total. The van der Waals surface area contributed by atoms with E-state index in [0.717, 1.165) is 36.8 Å². The lowest BCUT2D eigenvalue weighted by atomic mass is 10.0. The number of nitrogens with zero attached hydrogens (tertiary/aromatic N) is 3. The number of aryl methyl sites for hydroxylation is 2. The van der Waals surface area contributed by atoms with Crippen molar-refractivity contribution in [3.63, 3.8) is 0 Å². The maximum absolute atomic E-state index is 13.8. The van der Waals surface area contributed by atoms with Crippen LogP contribution in [0.3, 0.4) is 0 Å². The van der Waals surface area contributed by atoms with E-state index in [4.69, 9.17) is 4.98 Å². The zero-order valence-electron chi connectivity index (χ0n) is 15.5. The van der Waals surface area contributed by atoms with Crippen LogP contribution in [-0.2, 0) is 12.8 Å². The Morgan fingerprint density at radius 3 is 2.78 bits per heavy atom. The third-order valence-electron chi connectivity index (χ3n) is 4.85. The molecule has 4 rings (SSSR count). The third-order valence-corrected chi connectivity index (χ3v) is 4.85. The molecule has 0 saturated carbocycles. The van der Waals surface area contributed by atoms with E-state index in [1.807, 2.05) is 25.1 Å². The molecule has 0 saturated heterocycles. The number of rotatable bonds is 5. The summed E-state index contributed by atoms with van der Waals surface area (Å²) in [5, 5.41) is 3.32. The van der Waals surface area contributed by atoms with E-state index in [1.165, 1.54) is 17.3 Å². The second-order valence-electron chi connectivity index (χ2n) is 6.85. The Balaban J connectivity index is 1.52. The first kappa shape index (κ1) is 17.5. The summed E-state index contributed by atoms with van der Waals surface area (Å²) in [5.74, 6) is 1.33. The molecule has 138 valence electrons. The average molecular weight is 362 g/mol. The molecule has 27 heavy (non-hydrogen) atoms. The first-order valence-corrected chi connectivity index (χ1v) is 9.39. The summed E-state index contributed by atoms with van der Waals surface area (Å²) in [6.45, 7) is 3.51. The van der Waals surface area contributed by atoms with Gasteiger partial charge >= 0.3 is 0 Å². The molecule has 0 bridgehead atoms. The summed E-state index contributed by atoms with van der Waals surface area (Å²) in [5.41, 5.74) is 4.15. The smallest absolute Gasteiger partial charge is 0.232 e. The number of fused-ring (bicyclic) bond motifs is 1. The van der Waals surface area contributed by atoms with Crippen LogP contribution in [0.25, 0.3) is 0 Å². The van der Waals surface area contributed by atoms with Crippen LogP contribution in [0.4, 0.5) is 21.8 Å². The maximum atomic E-state index is 13.8. The summed E-state index contributed by atoms with van der Waals surface area (Å²) >= 11 is 0. The predicted octanol–water partition coefficient (Wildman–Crippen LogP) is 4.66. The lowest BCUT2D eigenvalue weighted by molar-refractivity contribution is 0.610. The minimum Gasteiger partial charge on any atom is -0.370 e. The van der Waals surface area contributed by atoms with Gasteiger partial charge in [0.2, 0.25) is 5.95 Å². The van der Waals surface area contributed by atoms with Gasteiger partial charge in [0.1, 0.15) is 11.6 Å². The minimum atomic E-state index is -0.163. The molecule has 2 heterocycles. The van der Waals surface area contributed by atoms with Crippen molar-refractivity contribution < 1.29 is 4.39 Å². The topological polar surface area (TPSA) is 41.1 Å². The Morgan fingerprint density at radius 2 is 1.89 bits per heavy atom. The highest BCUT2D eigenvalue weighted by Crippen LogP contribution is 2.31. The van der Waals surface area contributed by atoms with Crippen LogP contribution in [0.15, 0.2) is 54.6 Å². The lowest BCUT2D eigenvalue weighted by Crippen LogP contribution is -2.26. The van der Waals surface area contributed by atoms with Gasteiger partial charge in [0.05, 0.1) is 0 Å². The Morgan fingerprint density at radius 1 is 1.07 bits per heavy atom. The van der Waals surface area contributed by atoms with E-state index in [1.54, 1.807) is 6.07 Å². The largest absolute Gasteiger partial charge is 0.370 e. The fourth-order valence-corrected chi connectivity index (χ4v) is 3.53.